The summed E-state index contributed by atoms with van der Waals surface area (Å²) in [7, 11) is 1.82. The number of carbonyl (C=O) groups excluding carboxylic acids is 1. The first-order chi connectivity index (χ1) is 8.65. The molecule has 4 nitrogen and oxygen atoms in total. The largest absolute Gasteiger partial charge is 0.326 e. The van der Waals surface area contributed by atoms with Crippen molar-refractivity contribution in [2.45, 2.75) is 12.3 Å². The highest BCUT2D eigenvalue weighted by molar-refractivity contribution is 5.95. The van der Waals surface area contributed by atoms with E-state index in [1.165, 1.54) is 12.1 Å². The maximum Gasteiger partial charge on any atom is 0.225 e. The van der Waals surface area contributed by atoms with Crippen LogP contribution in [0.5, 0.6) is 0 Å². The highest BCUT2D eigenvalue weighted by Crippen LogP contribution is 2.36. The van der Waals surface area contributed by atoms with Crippen LogP contribution in [0.3, 0.4) is 0 Å². The first-order valence-corrected chi connectivity index (χ1v) is 5.72. The first-order valence-electron chi connectivity index (χ1n) is 5.72. The Morgan fingerprint density at radius 3 is 3.00 bits per heavy atom. The molecule has 2 aromatic rings. The van der Waals surface area contributed by atoms with Crippen LogP contribution in [-0.4, -0.2) is 15.7 Å². The quantitative estimate of drug-likeness (QED) is 0.835. The van der Waals surface area contributed by atoms with Crippen molar-refractivity contribution in [2.24, 2.45) is 7.05 Å². The molecule has 0 saturated carbocycles. The minimum absolute atomic E-state index is 0.0553. The molecule has 0 saturated heterocycles. The monoisotopic (exact) mass is 245 g/mol. The molecular weight excluding hydrogens is 233 g/mol. The number of halogens is 1. The van der Waals surface area contributed by atoms with Crippen molar-refractivity contribution in [3.05, 3.63) is 47.5 Å². The molecule has 5 heteroatoms. The van der Waals surface area contributed by atoms with Crippen molar-refractivity contribution >= 4 is 11.6 Å². The van der Waals surface area contributed by atoms with E-state index < -0.39 is 0 Å². The summed E-state index contributed by atoms with van der Waals surface area (Å²) in [5.41, 5.74) is 2.40. The van der Waals surface area contributed by atoms with E-state index in [2.05, 4.69) is 10.4 Å². The van der Waals surface area contributed by atoms with Gasteiger partial charge in [0.2, 0.25) is 5.91 Å². The summed E-state index contributed by atoms with van der Waals surface area (Å²) in [5, 5.41) is 6.87. The van der Waals surface area contributed by atoms with Gasteiger partial charge in [-0.3, -0.25) is 9.48 Å². The zero-order valence-electron chi connectivity index (χ0n) is 9.85. The number of rotatable bonds is 1. The number of nitrogens with zero attached hydrogens (tertiary/aromatic N) is 2. The summed E-state index contributed by atoms with van der Waals surface area (Å²) in [4.78, 5) is 11.7. The summed E-state index contributed by atoms with van der Waals surface area (Å²) < 4.78 is 15.1. The Morgan fingerprint density at radius 2 is 2.28 bits per heavy atom. The van der Waals surface area contributed by atoms with Crippen molar-refractivity contribution in [3.63, 3.8) is 0 Å². The normalized spacial score (nSPS) is 18.3. The van der Waals surface area contributed by atoms with Gasteiger partial charge in [0.1, 0.15) is 5.82 Å². The molecule has 1 unspecified atom stereocenters. The zero-order valence-corrected chi connectivity index (χ0v) is 9.85. The van der Waals surface area contributed by atoms with Gasteiger partial charge in [-0.05, 0) is 29.8 Å². The third-order valence-electron chi connectivity index (χ3n) is 3.27. The Hall–Kier alpha value is -2.17. The lowest BCUT2D eigenvalue weighted by atomic mass is 9.88. The minimum atomic E-state index is -0.294. The molecule has 0 bridgehead atoms. The van der Waals surface area contributed by atoms with Gasteiger partial charge >= 0.3 is 0 Å². The fraction of sp³-hybridized carbons (Fsp3) is 0.231. The maximum absolute atomic E-state index is 13.4. The lowest BCUT2D eigenvalue weighted by Gasteiger charge is -2.25. The van der Waals surface area contributed by atoms with Crippen molar-refractivity contribution in [1.29, 1.82) is 0 Å². The number of hydrogen-bond donors (Lipinski definition) is 1. The molecule has 1 aromatic carbocycles. The summed E-state index contributed by atoms with van der Waals surface area (Å²) in [5.74, 6) is -0.491. The van der Waals surface area contributed by atoms with Crippen LogP contribution in [0.1, 0.15) is 23.6 Å². The van der Waals surface area contributed by atoms with E-state index in [4.69, 9.17) is 0 Å². The highest BCUT2D eigenvalue weighted by Gasteiger charge is 2.28. The smallest absolute Gasteiger partial charge is 0.225 e. The van der Waals surface area contributed by atoms with E-state index in [0.717, 1.165) is 11.3 Å². The van der Waals surface area contributed by atoms with Crippen LogP contribution in [0.2, 0.25) is 0 Å². The SMILES string of the molecule is Cn1nccc1C1CC(=O)Nc2ccc(F)cc21. The second-order valence-electron chi connectivity index (χ2n) is 4.42. The van der Waals surface area contributed by atoms with Crippen LogP contribution >= 0.6 is 0 Å². The number of benzene rings is 1. The summed E-state index contributed by atoms with van der Waals surface area (Å²) >= 11 is 0. The molecule has 2 heterocycles. The lowest BCUT2D eigenvalue weighted by Crippen LogP contribution is -2.24. The van der Waals surface area contributed by atoms with Crippen molar-refractivity contribution < 1.29 is 9.18 Å². The number of fused-ring (bicyclic) bond motifs is 1. The fourth-order valence-corrected chi connectivity index (χ4v) is 2.42. The van der Waals surface area contributed by atoms with Crippen LogP contribution in [0.4, 0.5) is 10.1 Å². The van der Waals surface area contributed by atoms with Crippen LogP contribution in [0.25, 0.3) is 0 Å². The molecule has 1 N–H and O–H groups in total. The van der Waals surface area contributed by atoms with E-state index in [1.54, 1.807) is 16.9 Å². The van der Waals surface area contributed by atoms with E-state index in [1.807, 2.05) is 13.1 Å². The van der Waals surface area contributed by atoms with Crippen LogP contribution in [0.15, 0.2) is 30.5 Å². The van der Waals surface area contributed by atoms with E-state index >= 15 is 0 Å². The summed E-state index contributed by atoms with van der Waals surface area (Å²) in [6.45, 7) is 0. The molecule has 3 rings (SSSR count). The number of amides is 1. The maximum atomic E-state index is 13.4. The zero-order chi connectivity index (χ0) is 12.7. The minimum Gasteiger partial charge on any atom is -0.326 e. The number of aryl methyl sites for hydroxylation is 1. The molecule has 0 aliphatic carbocycles. The predicted molar refractivity (Wildman–Crippen MR) is 64.7 cm³/mol. The Bertz CT molecular complexity index is 620. The highest BCUT2D eigenvalue weighted by atomic mass is 19.1. The lowest BCUT2D eigenvalue weighted by molar-refractivity contribution is -0.116. The molecule has 1 atom stereocenters. The Morgan fingerprint density at radius 1 is 1.44 bits per heavy atom. The topological polar surface area (TPSA) is 46.9 Å². The average molecular weight is 245 g/mol. The van der Waals surface area contributed by atoms with Crippen molar-refractivity contribution in [3.8, 4) is 0 Å². The number of carbonyl (C=O) groups is 1. The van der Waals surface area contributed by atoms with E-state index in [9.17, 15) is 9.18 Å². The van der Waals surface area contributed by atoms with Crippen molar-refractivity contribution in [1.82, 2.24) is 9.78 Å². The van der Waals surface area contributed by atoms with E-state index in [-0.39, 0.29) is 17.6 Å². The van der Waals surface area contributed by atoms with Crippen LogP contribution in [0, 0.1) is 5.82 Å². The van der Waals surface area contributed by atoms with Gasteiger partial charge < -0.3 is 5.32 Å². The van der Waals surface area contributed by atoms with Crippen LogP contribution < -0.4 is 5.32 Å². The molecule has 0 spiro atoms. The molecule has 0 fully saturated rings. The second-order valence-corrected chi connectivity index (χ2v) is 4.42. The number of anilines is 1. The molecular formula is C13H12FN3O. The Balaban J connectivity index is 2.15. The third kappa shape index (κ3) is 1.68. The van der Waals surface area contributed by atoms with Crippen molar-refractivity contribution in [2.75, 3.05) is 5.32 Å². The van der Waals surface area contributed by atoms with Gasteiger partial charge in [0.25, 0.3) is 0 Å². The predicted octanol–water partition coefficient (Wildman–Crippen LogP) is 2.03. The van der Waals surface area contributed by atoms with Gasteiger partial charge in [-0.15, -0.1) is 0 Å². The fourth-order valence-electron chi connectivity index (χ4n) is 2.42. The molecule has 0 radical (unpaired) electrons. The summed E-state index contributed by atoms with van der Waals surface area (Å²) in [6.07, 6.45) is 2.00. The second kappa shape index (κ2) is 3.94. The number of hydrogen-bond acceptors (Lipinski definition) is 2. The first kappa shape index (κ1) is 11.0. The molecule has 1 aliphatic heterocycles. The summed E-state index contributed by atoms with van der Waals surface area (Å²) in [6, 6.07) is 6.29. The van der Waals surface area contributed by atoms with E-state index in [0.29, 0.717) is 12.1 Å². The molecule has 1 amide bonds. The number of nitrogens with one attached hydrogen (secondary N) is 1. The molecule has 1 aliphatic rings. The van der Waals surface area contributed by atoms with Gasteiger partial charge in [0.05, 0.1) is 0 Å². The van der Waals surface area contributed by atoms with Crippen LogP contribution in [-0.2, 0) is 11.8 Å². The Labute approximate surface area is 103 Å². The van der Waals surface area contributed by atoms with Gasteiger partial charge in [-0.1, -0.05) is 0 Å². The molecule has 1 aromatic heterocycles. The van der Waals surface area contributed by atoms with Gasteiger partial charge in [-0.25, -0.2) is 4.39 Å². The van der Waals surface area contributed by atoms with Gasteiger partial charge in [0, 0.05) is 37.0 Å². The van der Waals surface area contributed by atoms with Gasteiger partial charge in [-0.2, -0.15) is 5.10 Å². The third-order valence-corrected chi connectivity index (χ3v) is 3.27. The number of aromatic nitrogens is 2. The Kier molecular flexibility index (Phi) is 2.40. The van der Waals surface area contributed by atoms with Gasteiger partial charge in [0.15, 0.2) is 0 Å². The molecule has 92 valence electrons. The standard InChI is InChI=1S/C13H12FN3O/c1-17-12(4-5-15-17)10-7-13(18)16-11-3-2-8(14)6-9(10)11/h2-6,10H,7H2,1H3,(H,16,18). The average Bonchev–Trinajstić information content (AvgIpc) is 2.75. The molecule has 18 heavy (non-hydrogen) atoms.